The minimum atomic E-state index is -0.737. The molecule has 0 aliphatic carbocycles. The van der Waals surface area contributed by atoms with Crippen LogP contribution in [0.1, 0.15) is 164 Å². The number of hydroxylamine groups is 2. The Morgan fingerprint density at radius 3 is 1.35 bits per heavy atom. The maximum absolute atomic E-state index is 13.0. The summed E-state index contributed by atoms with van der Waals surface area (Å²) in [6, 6.07) is 6.24. The Morgan fingerprint density at radius 1 is 0.625 bits per heavy atom. The molecular weight excluding hydrogens is 608 g/mol. The van der Waals surface area contributed by atoms with Crippen LogP contribution in [0.3, 0.4) is 0 Å². The lowest BCUT2D eigenvalue weighted by molar-refractivity contribution is -0.141. The Morgan fingerprint density at radius 2 is 0.979 bits per heavy atom. The average molecular weight is 671 g/mol. The second kappa shape index (κ2) is 21.9. The quantitative estimate of drug-likeness (QED) is 0.0883. The number of hydrogen-bond acceptors (Lipinski definition) is 6. The zero-order chi connectivity index (χ0) is 34.7. The van der Waals surface area contributed by atoms with Crippen LogP contribution in [-0.4, -0.2) is 70.8 Å². The molecule has 2 unspecified atom stereocenters. The van der Waals surface area contributed by atoms with Gasteiger partial charge in [0.1, 0.15) is 0 Å². The molecule has 0 radical (unpaired) electrons. The van der Waals surface area contributed by atoms with Crippen LogP contribution in [0.25, 0.3) is 0 Å². The van der Waals surface area contributed by atoms with Crippen LogP contribution in [0.15, 0.2) is 24.3 Å². The topological polar surface area (TPSA) is 117 Å². The van der Waals surface area contributed by atoms with E-state index in [2.05, 4.69) is 24.8 Å². The monoisotopic (exact) mass is 670 g/mol. The maximum Gasteiger partial charge on any atom is 0.274 e. The van der Waals surface area contributed by atoms with Crippen molar-refractivity contribution in [1.82, 2.24) is 20.8 Å². The summed E-state index contributed by atoms with van der Waals surface area (Å²) in [4.78, 5) is 66.5. The van der Waals surface area contributed by atoms with E-state index in [0.29, 0.717) is 25.9 Å². The molecule has 2 aliphatic rings. The molecule has 4 atom stereocenters. The number of likely N-dealkylation sites (tertiary alicyclic amines) is 2. The van der Waals surface area contributed by atoms with Gasteiger partial charge in [0, 0.05) is 49.1 Å². The molecule has 2 fully saturated rings. The Hall–Kier alpha value is -2.98. The number of carbonyl (C=O) groups is 4. The minimum Gasteiger partial charge on any atom is -0.338 e. The summed E-state index contributed by atoms with van der Waals surface area (Å²) in [5, 5.41) is 0. The second-order valence-electron chi connectivity index (χ2n) is 13.8. The van der Waals surface area contributed by atoms with Gasteiger partial charge in [-0.05, 0) is 44.9 Å². The lowest BCUT2D eigenvalue weighted by Gasteiger charge is -2.21. The van der Waals surface area contributed by atoms with Crippen LogP contribution in [0.4, 0.5) is 0 Å². The van der Waals surface area contributed by atoms with Crippen molar-refractivity contribution >= 4 is 23.6 Å². The zero-order valence-electron chi connectivity index (χ0n) is 30.1. The third kappa shape index (κ3) is 12.8. The molecule has 10 nitrogen and oxygen atoms in total. The Balaban J connectivity index is 1.37. The highest BCUT2D eigenvalue weighted by molar-refractivity contribution is 5.99. The van der Waals surface area contributed by atoms with Crippen molar-refractivity contribution in [3.05, 3.63) is 35.4 Å². The molecule has 2 aliphatic heterocycles. The van der Waals surface area contributed by atoms with Gasteiger partial charge in [0.15, 0.2) is 12.2 Å². The number of carbonyl (C=O) groups excluding carboxylic acids is 4. The summed E-state index contributed by atoms with van der Waals surface area (Å²) >= 11 is 0. The fourth-order valence-corrected chi connectivity index (χ4v) is 6.74. The van der Waals surface area contributed by atoms with Crippen molar-refractivity contribution in [2.24, 2.45) is 0 Å². The van der Waals surface area contributed by atoms with E-state index in [1.54, 1.807) is 18.2 Å². The molecule has 48 heavy (non-hydrogen) atoms. The normalized spacial score (nSPS) is 20.9. The van der Waals surface area contributed by atoms with Gasteiger partial charge in [-0.3, -0.25) is 28.9 Å². The van der Waals surface area contributed by atoms with Gasteiger partial charge >= 0.3 is 0 Å². The summed E-state index contributed by atoms with van der Waals surface area (Å²) in [6.07, 6.45) is 18.8. The summed E-state index contributed by atoms with van der Waals surface area (Å²) in [7, 11) is 0. The lowest BCUT2D eigenvalue weighted by Crippen LogP contribution is -2.38. The van der Waals surface area contributed by atoms with Crippen LogP contribution in [0.5, 0.6) is 0 Å². The molecule has 3 rings (SSSR count). The van der Waals surface area contributed by atoms with Crippen molar-refractivity contribution in [2.45, 2.75) is 168 Å². The first-order valence-corrected chi connectivity index (χ1v) is 18.9. The van der Waals surface area contributed by atoms with Gasteiger partial charge < -0.3 is 9.80 Å². The molecule has 1 aromatic carbocycles. The van der Waals surface area contributed by atoms with E-state index in [0.717, 1.165) is 25.7 Å². The Labute approximate surface area is 288 Å². The number of rotatable bonds is 24. The van der Waals surface area contributed by atoms with E-state index >= 15 is 0 Å². The molecule has 2 N–H and O–H groups in total. The third-order valence-corrected chi connectivity index (χ3v) is 9.77. The molecule has 270 valence electrons. The molecule has 2 heterocycles. The summed E-state index contributed by atoms with van der Waals surface area (Å²) in [5.74, 6) is -1.32. The fourth-order valence-electron chi connectivity index (χ4n) is 6.74. The van der Waals surface area contributed by atoms with Gasteiger partial charge in [0.25, 0.3) is 23.6 Å². The smallest absolute Gasteiger partial charge is 0.274 e. The van der Waals surface area contributed by atoms with Crippen LogP contribution >= 0.6 is 0 Å². The van der Waals surface area contributed by atoms with Gasteiger partial charge in [-0.25, -0.2) is 11.0 Å². The highest BCUT2D eigenvalue weighted by Crippen LogP contribution is 2.24. The number of amides is 4. The average Bonchev–Trinajstić information content (AvgIpc) is 3.52. The number of benzene rings is 1. The third-order valence-electron chi connectivity index (χ3n) is 9.77. The predicted molar refractivity (Wildman–Crippen MR) is 188 cm³/mol. The number of nitrogens with one attached hydrogen (secondary N) is 2. The fraction of sp³-hybridized carbons (Fsp3) is 0.737. The number of hydrogen-bond donors (Lipinski definition) is 2. The highest BCUT2D eigenvalue weighted by atomic mass is 16.7. The van der Waals surface area contributed by atoms with Crippen LogP contribution < -0.4 is 11.0 Å². The number of unbranched alkanes of at least 4 members (excludes halogenated alkanes) is 14. The van der Waals surface area contributed by atoms with Gasteiger partial charge in [-0.15, -0.1) is 0 Å². The van der Waals surface area contributed by atoms with Crippen LogP contribution in [-0.2, 0) is 19.3 Å². The van der Waals surface area contributed by atoms with Crippen LogP contribution in [0, 0.1) is 0 Å². The van der Waals surface area contributed by atoms with E-state index in [-0.39, 0.29) is 35.0 Å². The molecule has 2 saturated heterocycles. The second-order valence-corrected chi connectivity index (χ2v) is 13.8. The molecule has 0 aromatic heterocycles. The van der Waals surface area contributed by atoms with E-state index < -0.39 is 24.0 Å². The number of nitrogens with zero attached hydrogens (tertiary/aromatic N) is 2. The molecule has 4 amide bonds. The van der Waals surface area contributed by atoms with Crippen molar-refractivity contribution in [3.63, 3.8) is 0 Å². The first-order chi connectivity index (χ1) is 23.3. The van der Waals surface area contributed by atoms with Gasteiger partial charge in [-0.2, -0.15) is 0 Å². The molecule has 0 bridgehead atoms. The molecule has 10 heteroatoms. The molecule has 0 saturated carbocycles. The van der Waals surface area contributed by atoms with E-state index in [1.165, 1.54) is 83.1 Å². The highest BCUT2D eigenvalue weighted by Gasteiger charge is 2.39. The Kier molecular flexibility index (Phi) is 18.0. The van der Waals surface area contributed by atoms with Gasteiger partial charge in [0.05, 0.1) is 0 Å². The molecule has 1 aromatic rings. The summed E-state index contributed by atoms with van der Waals surface area (Å²) in [5.41, 5.74) is 5.23. The largest absolute Gasteiger partial charge is 0.338 e. The van der Waals surface area contributed by atoms with E-state index in [9.17, 15) is 19.2 Å². The van der Waals surface area contributed by atoms with Gasteiger partial charge in [-0.1, -0.05) is 110 Å². The van der Waals surface area contributed by atoms with Crippen molar-refractivity contribution in [1.29, 1.82) is 0 Å². The SMILES string of the molecule is CCCCCCCCCCN1C(=O)[C@H](ONC(=O)c2cccc(C(=O)NO[C@@H]3CC(C)N(CCCCCCCCCC)C3=O)c2)CC1C. The maximum atomic E-state index is 13.0. The zero-order valence-corrected chi connectivity index (χ0v) is 30.1. The van der Waals surface area contributed by atoms with E-state index in [1.807, 2.05) is 23.6 Å². The van der Waals surface area contributed by atoms with Crippen molar-refractivity contribution in [2.75, 3.05) is 13.1 Å². The Bertz CT molecular complexity index is 1060. The first kappa shape index (κ1) is 39.5. The molecule has 0 spiro atoms. The first-order valence-electron chi connectivity index (χ1n) is 18.9. The van der Waals surface area contributed by atoms with Crippen LogP contribution in [0.2, 0.25) is 0 Å². The summed E-state index contributed by atoms with van der Waals surface area (Å²) < 4.78 is 0. The summed E-state index contributed by atoms with van der Waals surface area (Å²) in [6.45, 7) is 9.85. The minimum absolute atomic E-state index is 0.0444. The predicted octanol–water partition coefficient (Wildman–Crippen LogP) is 7.27. The standard InChI is InChI=1S/C38H62N4O6/c1-5-7-9-11-13-15-17-19-24-41-29(3)26-33(37(41)45)47-39-35(43)31-22-21-23-32(28-31)36(44)40-48-34-27-30(4)42(38(34)46)25-20-18-16-14-12-10-8-6-2/h21-23,28-30,33-34H,5-20,24-27H2,1-4H3,(H,39,43)(H,40,44)/t29?,30?,33-,34-/m1/s1. The van der Waals surface area contributed by atoms with Gasteiger partial charge in [0.2, 0.25) is 0 Å². The van der Waals surface area contributed by atoms with E-state index in [4.69, 9.17) is 9.68 Å². The lowest BCUT2D eigenvalue weighted by atomic mass is 10.1. The van der Waals surface area contributed by atoms with Crippen molar-refractivity contribution in [3.8, 4) is 0 Å². The molecular formula is C38H62N4O6. The van der Waals surface area contributed by atoms with Crippen molar-refractivity contribution < 1.29 is 28.9 Å².